The van der Waals surface area contributed by atoms with E-state index in [9.17, 15) is 9.59 Å². The van der Waals surface area contributed by atoms with E-state index in [1.807, 2.05) is 38.1 Å². The van der Waals surface area contributed by atoms with E-state index in [0.29, 0.717) is 17.0 Å². The van der Waals surface area contributed by atoms with E-state index in [1.165, 1.54) is 11.8 Å². The number of hydrogen-bond acceptors (Lipinski definition) is 5. The number of rotatable bonds is 6. The summed E-state index contributed by atoms with van der Waals surface area (Å²) in [6.45, 7) is 3.68. The molecule has 0 aliphatic rings. The molecule has 4 nitrogen and oxygen atoms in total. The summed E-state index contributed by atoms with van der Waals surface area (Å²) in [5.74, 6) is 0.278. The normalized spacial score (nSPS) is 11.0. The van der Waals surface area contributed by atoms with Crippen LogP contribution in [0.1, 0.15) is 24.2 Å². The van der Waals surface area contributed by atoms with E-state index in [4.69, 9.17) is 0 Å². The van der Waals surface area contributed by atoms with Gasteiger partial charge >= 0.3 is 0 Å². The topological polar surface area (TPSA) is 59.1 Å². The number of carbonyl (C=O) groups is 2. The summed E-state index contributed by atoms with van der Waals surface area (Å²) in [7, 11) is 0. The van der Waals surface area contributed by atoms with Crippen LogP contribution >= 0.6 is 23.1 Å². The predicted octanol–water partition coefficient (Wildman–Crippen LogP) is 4.87. The second-order valence-electron chi connectivity index (χ2n) is 5.88. The molecule has 0 radical (unpaired) electrons. The summed E-state index contributed by atoms with van der Waals surface area (Å²) in [5.41, 5.74) is 2.30. The first-order chi connectivity index (χ1) is 12.0. The Morgan fingerprint density at radius 2 is 1.84 bits per heavy atom. The van der Waals surface area contributed by atoms with Crippen LogP contribution in [0.15, 0.2) is 52.9 Å². The smallest absolute Gasteiger partial charge is 0.226 e. The highest BCUT2D eigenvalue weighted by molar-refractivity contribution is 8.01. The largest absolute Gasteiger partial charge is 0.326 e. The summed E-state index contributed by atoms with van der Waals surface area (Å²) < 4.78 is 2.03. The van der Waals surface area contributed by atoms with Crippen molar-refractivity contribution in [2.24, 2.45) is 5.92 Å². The highest BCUT2D eigenvalue weighted by Gasteiger charge is 2.11. The predicted molar refractivity (Wildman–Crippen MR) is 105 cm³/mol. The van der Waals surface area contributed by atoms with Gasteiger partial charge in [0.2, 0.25) is 5.91 Å². The van der Waals surface area contributed by atoms with Gasteiger partial charge in [0.15, 0.2) is 10.1 Å². The van der Waals surface area contributed by atoms with E-state index in [0.717, 1.165) is 14.6 Å². The zero-order chi connectivity index (χ0) is 17.8. The molecule has 0 unspecified atom stereocenters. The molecule has 2 aromatic carbocycles. The number of benzene rings is 2. The number of nitrogens with zero attached hydrogens (tertiary/aromatic N) is 1. The fourth-order valence-corrected chi connectivity index (χ4v) is 4.11. The SMILES string of the molecule is CC(C)C(=O)Nc1ccc(C(=O)CSc2nc3ccccc3s2)cc1. The number of thiazole rings is 1. The number of carbonyl (C=O) groups excluding carboxylic acids is 2. The van der Waals surface area contributed by atoms with Crippen LogP contribution in [0.25, 0.3) is 10.2 Å². The van der Waals surface area contributed by atoms with Gasteiger partial charge in [0.1, 0.15) is 0 Å². The minimum Gasteiger partial charge on any atom is -0.326 e. The Morgan fingerprint density at radius 3 is 2.52 bits per heavy atom. The average Bonchev–Trinajstić information content (AvgIpc) is 3.03. The first-order valence-electron chi connectivity index (χ1n) is 7.95. The molecule has 1 N–H and O–H groups in total. The van der Waals surface area contributed by atoms with Crippen LogP contribution in [0.5, 0.6) is 0 Å². The number of fused-ring (bicyclic) bond motifs is 1. The van der Waals surface area contributed by atoms with Gasteiger partial charge in [0, 0.05) is 17.2 Å². The number of anilines is 1. The maximum atomic E-state index is 12.3. The number of amides is 1. The van der Waals surface area contributed by atoms with Gasteiger partial charge < -0.3 is 5.32 Å². The van der Waals surface area contributed by atoms with Crippen LogP contribution in [0.3, 0.4) is 0 Å². The molecule has 6 heteroatoms. The van der Waals surface area contributed by atoms with Gasteiger partial charge in [-0.2, -0.15) is 0 Å². The molecule has 1 amide bonds. The first kappa shape index (κ1) is 17.6. The van der Waals surface area contributed by atoms with Crippen LogP contribution in [-0.4, -0.2) is 22.4 Å². The van der Waals surface area contributed by atoms with Crippen LogP contribution < -0.4 is 5.32 Å². The Hall–Kier alpha value is -2.18. The Balaban J connectivity index is 1.60. The quantitative estimate of drug-likeness (QED) is 0.497. The number of para-hydroxylation sites is 1. The van der Waals surface area contributed by atoms with Crippen molar-refractivity contribution in [3.05, 3.63) is 54.1 Å². The molecule has 1 heterocycles. The molecule has 0 saturated carbocycles. The van der Waals surface area contributed by atoms with Crippen LogP contribution in [-0.2, 0) is 4.79 Å². The fraction of sp³-hybridized carbons (Fsp3) is 0.211. The number of ketones is 1. The number of nitrogens with one attached hydrogen (secondary N) is 1. The fourth-order valence-electron chi connectivity index (χ4n) is 2.15. The van der Waals surface area contributed by atoms with Gasteiger partial charge in [-0.15, -0.1) is 11.3 Å². The zero-order valence-corrected chi connectivity index (χ0v) is 15.6. The molecule has 0 atom stereocenters. The highest BCUT2D eigenvalue weighted by Crippen LogP contribution is 2.29. The van der Waals surface area contributed by atoms with Gasteiger partial charge in [-0.3, -0.25) is 9.59 Å². The standard InChI is InChI=1S/C19H18N2O2S2/c1-12(2)18(23)20-14-9-7-13(8-10-14)16(22)11-24-19-21-15-5-3-4-6-17(15)25-19/h3-10,12H,11H2,1-2H3,(H,20,23). The Morgan fingerprint density at radius 1 is 1.12 bits per heavy atom. The third-order valence-electron chi connectivity index (χ3n) is 3.60. The molecule has 0 bridgehead atoms. The average molecular weight is 370 g/mol. The third kappa shape index (κ3) is 4.46. The van der Waals surface area contributed by atoms with Crippen molar-refractivity contribution in [3.63, 3.8) is 0 Å². The summed E-state index contributed by atoms with van der Waals surface area (Å²) in [6, 6.07) is 15.0. The van der Waals surface area contributed by atoms with Gasteiger partial charge in [-0.1, -0.05) is 37.7 Å². The molecular formula is C19H18N2O2S2. The highest BCUT2D eigenvalue weighted by atomic mass is 32.2. The summed E-state index contributed by atoms with van der Waals surface area (Å²) in [4.78, 5) is 28.5. The lowest BCUT2D eigenvalue weighted by Crippen LogP contribution is -2.17. The Labute approximate surface area is 154 Å². The number of Topliss-reactive ketones (excluding diaryl/α,β-unsaturated/α-hetero) is 1. The molecule has 0 aliphatic heterocycles. The molecule has 128 valence electrons. The molecule has 25 heavy (non-hydrogen) atoms. The van der Waals surface area contributed by atoms with Crippen molar-refractivity contribution in [1.82, 2.24) is 4.98 Å². The zero-order valence-electron chi connectivity index (χ0n) is 14.0. The van der Waals surface area contributed by atoms with Gasteiger partial charge in [-0.25, -0.2) is 4.98 Å². The molecule has 0 saturated heterocycles. The van der Waals surface area contributed by atoms with E-state index < -0.39 is 0 Å². The molecule has 1 aromatic heterocycles. The van der Waals surface area contributed by atoms with Gasteiger partial charge in [0.05, 0.1) is 16.0 Å². The van der Waals surface area contributed by atoms with E-state index in [-0.39, 0.29) is 17.6 Å². The van der Waals surface area contributed by atoms with Crippen LogP contribution in [0, 0.1) is 5.92 Å². The summed E-state index contributed by atoms with van der Waals surface area (Å²) >= 11 is 3.05. The number of aromatic nitrogens is 1. The minimum atomic E-state index is -0.0773. The Bertz CT molecular complexity index is 868. The molecule has 0 spiro atoms. The second-order valence-corrected chi connectivity index (χ2v) is 8.13. The maximum absolute atomic E-state index is 12.3. The monoisotopic (exact) mass is 370 g/mol. The lowest BCUT2D eigenvalue weighted by atomic mass is 10.1. The molecular weight excluding hydrogens is 352 g/mol. The first-order valence-corrected chi connectivity index (χ1v) is 9.75. The van der Waals surface area contributed by atoms with Crippen molar-refractivity contribution in [2.45, 2.75) is 18.2 Å². The van der Waals surface area contributed by atoms with Gasteiger partial charge in [-0.05, 0) is 36.4 Å². The molecule has 0 aliphatic carbocycles. The van der Waals surface area contributed by atoms with Crippen molar-refractivity contribution < 1.29 is 9.59 Å². The van der Waals surface area contributed by atoms with Crippen molar-refractivity contribution in [1.29, 1.82) is 0 Å². The second kappa shape index (κ2) is 7.80. The lowest BCUT2D eigenvalue weighted by molar-refractivity contribution is -0.118. The molecule has 3 aromatic rings. The van der Waals surface area contributed by atoms with Crippen LogP contribution in [0.4, 0.5) is 5.69 Å². The minimum absolute atomic E-state index is 0.0366. The van der Waals surface area contributed by atoms with Crippen molar-refractivity contribution in [2.75, 3.05) is 11.1 Å². The number of thioether (sulfide) groups is 1. The van der Waals surface area contributed by atoms with Crippen molar-refractivity contribution >= 4 is 50.7 Å². The van der Waals surface area contributed by atoms with Crippen LogP contribution in [0.2, 0.25) is 0 Å². The maximum Gasteiger partial charge on any atom is 0.226 e. The van der Waals surface area contributed by atoms with E-state index in [1.54, 1.807) is 35.6 Å². The Kier molecular flexibility index (Phi) is 5.50. The number of hydrogen-bond donors (Lipinski definition) is 1. The van der Waals surface area contributed by atoms with E-state index >= 15 is 0 Å². The third-order valence-corrected chi connectivity index (χ3v) is 5.78. The molecule has 0 fully saturated rings. The summed E-state index contributed by atoms with van der Waals surface area (Å²) in [5, 5.41) is 2.82. The molecule has 3 rings (SSSR count). The lowest BCUT2D eigenvalue weighted by Gasteiger charge is -2.08. The van der Waals surface area contributed by atoms with E-state index in [2.05, 4.69) is 10.3 Å². The summed E-state index contributed by atoms with van der Waals surface area (Å²) in [6.07, 6.45) is 0. The van der Waals surface area contributed by atoms with Gasteiger partial charge in [0.25, 0.3) is 0 Å². The van der Waals surface area contributed by atoms with Crippen molar-refractivity contribution in [3.8, 4) is 0 Å².